The van der Waals surface area contributed by atoms with E-state index in [-0.39, 0.29) is 5.88 Å². The maximum Gasteiger partial charge on any atom is 0.222 e. The molecule has 0 saturated carbocycles. The largest absolute Gasteiger partial charge is 0.493 e. The zero-order chi connectivity index (χ0) is 14.1. The predicted molar refractivity (Wildman–Crippen MR) is 80.1 cm³/mol. The monoisotopic (exact) mass is 264 g/mol. The summed E-state index contributed by atoms with van der Waals surface area (Å²) in [5, 5.41) is 14.7. The summed E-state index contributed by atoms with van der Waals surface area (Å²) in [6.07, 6.45) is 1.70. The third kappa shape index (κ3) is 2.07. The number of aromatic hydroxyl groups is 1. The number of hydrogen-bond acceptors (Lipinski definition) is 2. The van der Waals surface area contributed by atoms with Crippen molar-refractivity contribution >= 4 is 0 Å². The van der Waals surface area contributed by atoms with E-state index < -0.39 is 0 Å². The van der Waals surface area contributed by atoms with Crippen LogP contribution in [0.25, 0.3) is 16.8 Å². The lowest BCUT2D eigenvalue weighted by Crippen LogP contribution is -1.97. The van der Waals surface area contributed by atoms with Gasteiger partial charge in [-0.25, -0.2) is 4.68 Å². The molecule has 0 aliphatic carbocycles. The summed E-state index contributed by atoms with van der Waals surface area (Å²) in [5.74, 6) is 0.170. The molecule has 0 amide bonds. The van der Waals surface area contributed by atoms with Crippen molar-refractivity contribution in [2.24, 2.45) is 0 Å². The van der Waals surface area contributed by atoms with Crippen molar-refractivity contribution in [2.45, 2.75) is 13.8 Å². The molecule has 0 aliphatic rings. The van der Waals surface area contributed by atoms with Crippen LogP contribution in [0.3, 0.4) is 0 Å². The normalized spacial score (nSPS) is 10.7. The highest BCUT2D eigenvalue weighted by Crippen LogP contribution is 2.31. The van der Waals surface area contributed by atoms with Crippen LogP contribution in [0, 0.1) is 13.8 Å². The van der Waals surface area contributed by atoms with Gasteiger partial charge in [-0.3, -0.25) is 0 Å². The first kappa shape index (κ1) is 12.5. The molecule has 3 rings (SSSR count). The van der Waals surface area contributed by atoms with Gasteiger partial charge in [0, 0.05) is 0 Å². The highest BCUT2D eigenvalue weighted by atomic mass is 16.3. The third-order valence-corrected chi connectivity index (χ3v) is 3.45. The summed E-state index contributed by atoms with van der Waals surface area (Å²) < 4.78 is 1.57. The van der Waals surface area contributed by atoms with Crippen molar-refractivity contribution in [3.8, 4) is 22.7 Å². The minimum Gasteiger partial charge on any atom is -0.493 e. The Bertz CT molecular complexity index is 742. The summed E-state index contributed by atoms with van der Waals surface area (Å²) in [5.41, 5.74) is 4.87. The van der Waals surface area contributed by atoms with Crippen molar-refractivity contribution in [3.63, 3.8) is 0 Å². The Labute approximate surface area is 118 Å². The highest BCUT2D eigenvalue weighted by molar-refractivity contribution is 5.69. The molecule has 20 heavy (non-hydrogen) atoms. The van der Waals surface area contributed by atoms with E-state index in [4.69, 9.17) is 0 Å². The molecule has 1 N–H and O–H groups in total. The van der Waals surface area contributed by atoms with Gasteiger partial charge in [0.05, 0.1) is 17.4 Å². The van der Waals surface area contributed by atoms with Crippen LogP contribution >= 0.6 is 0 Å². The number of aryl methyl sites for hydroxylation is 2. The summed E-state index contributed by atoms with van der Waals surface area (Å²) >= 11 is 0. The van der Waals surface area contributed by atoms with Crippen molar-refractivity contribution < 1.29 is 5.11 Å². The standard InChI is InChI=1S/C17H16N2O/c1-12-7-9-14(10-8-12)15-11-18-19(17(15)20)16-6-4-3-5-13(16)2/h3-11,20H,1-2H3. The summed E-state index contributed by atoms with van der Waals surface area (Å²) in [7, 11) is 0. The Hall–Kier alpha value is -2.55. The highest BCUT2D eigenvalue weighted by Gasteiger charge is 2.13. The van der Waals surface area contributed by atoms with Gasteiger partial charge in [0.25, 0.3) is 0 Å². The fourth-order valence-corrected chi connectivity index (χ4v) is 2.26. The maximum atomic E-state index is 10.4. The predicted octanol–water partition coefficient (Wildman–Crippen LogP) is 3.86. The average Bonchev–Trinajstić information content (AvgIpc) is 2.82. The van der Waals surface area contributed by atoms with Crippen molar-refractivity contribution in [1.29, 1.82) is 0 Å². The second-order valence-electron chi connectivity index (χ2n) is 4.95. The van der Waals surface area contributed by atoms with Crippen LogP contribution < -0.4 is 0 Å². The summed E-state index contributed by atoms with van der Waals surface area (Å²) in [6.45, 7) is 4.04. The lowest BCUT2D eigenvalue weighted by Gasteiger charge is -2.07. The average molecular weight is 264 g/mol. The molecule has 3 aromatic rings. The number of benzene rings is 2. The van der Waals surface area contributed by atoms with Crippen molar-refractivity contribution in [2.75, 3.05) is 0 Å². The zero-order valence-corrected chi connectivity index (χ0v) is 11.5. The fraction of sp³-hybridized carbons (Fsp3) is 0.118. The van der Waals surface area contributed by atoms with Crippen LogP contribution in [0.5, 0.6) is 5.88 Å². The van der Waals surface area contributed by atoms with E-state index in [1.807, 2.05) is 62.4 Å². The molecule has 0 aliphatic heterocycles. The molecular weight excluding hydrogens is 248 g/mol. The second kappa shape index (κ2) is 4.85. The van der Waals surface area contributed by atoms with Crippen LogP contribution in [-0.2, 0) is 0 Å². The Morgan fingerprint density at radius 3 is 2.35 bits per heavy atom. The van der Waals surface area contributed by atoms with Gasteiger partial charge < -0.3 is 5.11 Å². The third-order valence-electron chi connectivity index (χ3n) is 3.45. The molecular formula is C17H16N2O. The Morgan fingerprint density at radius 1 is 0.950 bits per heavy atom. The van der Waals surface area contributed by atoms with E-state index in [1.165, 1.54) is 5.56 Å². The summed E-state index contributed by atoms with van der Waals surface area (Å²) in [4.78, 5) is 0. The van der Waals surface area contributed by atoms with E-state index in [0.717, 1.165) is 22.4 Å². The minimum atomic E-state index is 0.170. The molecule has 0 saturated heterocycles. The van der Waals surface area contributed by atoms with E-state index in [9.17, 15) is 5.11 Å². The lowest BCUT2D eigenvalue weighted by atomic mass is 10.1. The van der Waals surface area contributed by atoms with E-state index >= 15 is 0 Å². The topological polar surface area (TPSA) is 38.0 Å². The Balaban J connectivity index is 2.09. The SMILES string of the molecule is Cc1ccc(-c2cnn(-c3ccccc3C)c2O)cc1. The van der Waals surface area contributed by atoms with Gasteiger partial charge in [-0.2, -0.15) is 5.10 Å². The minimum absolute atomic E-state index is 0.170. The van der Waals surface area contributed by atoms with Crippen LogP contribution in [0.1, 0.15) is 11.1 Å². The molecule has 2 aromatic carbocycles. The maximum absolute atomic E-state index is 10.4. The van der Waals surface area contributed by atoms with Gasteiger partial charge in [-0.05, 0) is 31.0 Å². The van der Waals surface area contributed by atoms with Crippen LogP contribution in [0.4, 0.5) is 0 Å². The number of rotatable bonds is 2. The zero-order valence-electron chi connectivity index (χ0n) is 11.5. The van der Waals surface area contributed by atoms with E-state index in [0.29, 0.717) is 0 Å². The second-order valence-corrected chi connectivity index (χ2v) is 4.95. The molecule has 0 atom stereocenters. The van der Waals surface area contributed by atoms with Crippen LogP contribution in [0.2, 0.25) is 0 Å². The lowest BCUT2D eigenvalue weighted by molar-refractivity contribution is 0.435. The quantitative estimate of drug-likeness (QED) is 0.763. The van der Waals surface area contributed by atoms with Gasteiger partial charge in [-0.15, -0.1) is 0 Å². The molecule has 3 nitrogen and oxygen atoms in total. The first-order valence-corrected chi connectivity index (χ1v) is 6.57. The molecule has 3 heteroatoms. The number of nitrogens with zero attached hydrogens (tertiary/aromatic N) is 2. The molecule has 0 fully saturated rings. The smallest absolute Gasteiger partial charge is 0.222 e. The van der Waals surface area contributed by atoms with Gasteiger partial charge in [0.1, 0.15) is 0 Å². The van der Waals surface area contributed by atoms with Gasteiger partial charge in [0.2, 0.25) is 5.88 Å². The molecule has 0 radical (unpaired) electrons. The molecule has 0 unspecified atom stereocenters. The van der Waals surface area contributed by atoms with Crippen molar-refractivity contribution in [3.05, 3.63) is 65.9 Å². The van der Waals surface area contributed by atoms with E-state index in [1.54, 1.807) is 10.9 Å². The van der Waals surface area contributed by atoms with Crippen LogP contribution in [0.15, 0.2) is 54.7 Å². The first-order valence-electron chi connectivity index (χ1n) is 6.57. The fourth-order valence-electron chi connectivity index (χ4n) is 2.26. The molecule has 1 heterocycles. The molecule has 100 valence electrons. The summed E-state index contributed by atoms with van der Waals surface area (Å²) in [6, 6.07) is 15.9. The number of hydrogen-bond donors (Lipinski definition) is 1. The Morgan fingerprint density at radius 2 is 1.65 bits per heavy atom. The molecule has 0 bridgehead atoms. The molecule has 1 aromatic heterocycles. The van der Waals surface area contributed by atoms with Crippen molar-refractivity contribution in [1.82, 2.24) is 9.78 Å². The van der Waals surface area contributed by atoms with Gasteiger partial charge in [0.15, 0.2) is 0 Å². The van der Waals surface area contributed by atoms with Gasteiger partial charge in [-0.1, -0.05) is 48.0 Å². The van der Waals surface area contributed by atoms with Gasteiger partial charge >= 0.3 is 0 Å². The Kier molecular flexibility index (Phi) is 3.03. The first-order chi connectivity index (χ1) is 9.66. The number of aromatic nitrogens is 2. The molecule has 0 spiro atoms. The van der Waals surface area contributed by atoms with E-state index in [2.05, 4.69) is 5.10 Å². The number of para-hydroxylation sites is 1. The van der Waals surface area contributed by atoms with Crippen LogP contribution in [-0.4, -0.2) is 14.9 Å².